The van der Waals surface area contributed by atoms with E-state index in [4.69, 9.17) is 16.8 Å². The van der Waals surface area contributed by atoms with Crippen LogP contribution in [0, 0.1) is 11.6 Å². The predicted octanol–water partition coefficient (Wildman–Crippen LogP) is 2.83. The topological polar surface area (TPSA) is 95.5 Å². The zero-order valence-corrected chi connectivity index (χ0v) is 16.8. The van der Waals surface area contributed by atoms with Crippen LogP contribution >= 0.6 is 11.6 Å². The van der Waals surface area contributed by atoms with Crippen LogP contribution in [0.15, 0.2) is 36.4 Å². The molecule has 0 aliphatic carbocycles. The maximum Gasteiger partial charge on any atom is 0.263 e. The molecular weight excluding hydrogens is 426 g/mol. The molecule has 1 fully saturated rings. The highest BCUT2D eigenvalue weighted by Gasteiger charge is 2.43. The second kappa shape index (κ2) is 8.35. The molecule has 0 aromatic heterocycles. The van der Waals surface area contributed by atoms with Crippen molar-refractivity contribution in [3.63, 3.8) is 0 Å². The van der Waals surface area contributed by atoms with Crippen molar-refractivity contribution in [1.29, 1.82) is 0 Å². The number of sulfone groups is 1. The van der Waals surface area contributed by atoms with Gasteiger partial charge < -0.3 is 0 Å². The summed E-state index contributed by atoms with van der Waals surface area (Å²) in [7, 11) is -3.24. The molecule has 1 aliphatic heterocycles. The van der Waals surface area contributed by atoms with Gasteiger partial charge in [-0.3, -0.25) is 15.3 Å². The standard InChI is InChI=1S/C19H19ClF2N2O4S/c20-13-2-4-15(17(22)10-13)14-3-1-12(9-16(14)21)11-23-19(18(25)24-26)5-7-29(27,28)8-6-19/h1-4,9-10,23,26H,5-8,11H2,(H,24,25). The van der Waals surface area contributed by atoms with E-state index in [2.05, 4.69) is 5.32 Å². The van der Waals surface area contributed by atoms with Gasteiger partial charge in [-0.05, 0) is 42.7 Å². The molecular formula is C19H19ClF2N2O4S. The SMILES string of the molecule is O=C(NO)C1(NCc2ccc(-c3ccc(Cl)cc3F)c(F)c2)CCS(=O)(=O)CC1. The normalized spacial score (nSPS) is 17.7. The molecule has 3 N–H and O–H groups in total. The van der Waals surface area contributed by atoms with E-state index in [1.165, 1.54) is 24.3 Å². The fourth-order valence-electron chi connectivity index (χ4n) is 3.34. The number of amides is 1. The van der Waals surface area contributed by atoms with Crippen molar-refractivity contribution < 1.29 is 27.2 Å². The van der Waals surface area contributed by atoms with Gasteiger partial charge in [-0.2, -0.15) is 0 Å². The second-order valence-electron chi connectivity index (χ2n) is 6.97. The highest BCUT2D eigenvalue weighted by molar-refractivity contribution is 7.91. The van der Waals surface area contributed by atoms with Gasteiger partial charge in [-0.1, -0.05) is 23.7 Å². The molecule has 1 aliphatic rings. The molecule has 1 saturated heterocycles. The van der Waals surface area contributed by atoms with Crippen molar-refractivity contribution >= 4 is 27.3 Å². The van der Waals surface area contributed by atoms with Crippen LogP contribution < -0.4 is 10.8 Å². The molecule has 0 radical (unpaired) electrons. The van der Waals surface area contributed by atoms with Crippen LogP contribution in [0.3, 0.4) is 0 Å². The first kappa shape index (κ1) is 21.6. The van der Waals surface area contributed by atoms with E-state index < -0.39 is 32.9 Å². The van der Waals surface area contributed by atoms with Gasteiger partial charge in [0, 0.05) is 22.7 Å². The van der Waals surface area contributed by atoms with E-state index in [0.29, 0.717) is 5.56 Å². The third-order valence-electron chi connectivity index (χ3n) is 5.10. The summed E-state index contributed by atoms with van der Waals surface area (Å²) in [6.07, 6.45) is -0.0312. The first-order valence-electron chi connectivity index (χ1n) is 8.80. The number of hydroxylamine groups is 1. The van der Waals surface area contributed by atoms with Gasteiger partial charge >= 0.3 is 0 Å². The van der Waals surface area contributed by atoms with Gasteiger partial charge in [0.1, 0.15) is 27.0 Å². The third-order valence-corrected chi connectivity index (χ3v) is 6.99. The number of benzene rings is 2. The van der Waals surface area contributed by atoms with Crippen LogP contribution in [0.2, 0.25) is 5.02 Å². The minimum atomic E-state index is -3.24. The molecule has 2 aromatic carbocycles. The van der Waals surface area contributed by atoms with Gasteiger partial charge in [0.05, 0.1) is 11.5 Å². The maximum absolute atomic E-state index is 14.6. The molecule has 10 heteroatoms. The highest BCUT2D eigenvalue weighted by Crippen LogP contribution is 2.29. The summed E-state index contributed by atoms with van der Waals surface area (Å²) in [5.41, 5.74) is 0.894. The Kier molecular flexibility index (Phi) is 6.23. The van der Waals surface area contributed by atoms with Crippen LogP contribution in [0.25, 0.3) is 11.1 Å². The van der Waals surface area contributed by atoms with Crippen LogP contribution in [0.4, 0.5) is 8.78 Å². The first-order chi connectivity index (χ1) is 13.7. The molecule has 156 valence electrons. The lowest BCUT2D eigenvalue weighted by Crippen LogP contribution is -2.59. The lowest BCUT2D eigenvalue weighted by Gasteiger charge is -2.35. The van der Waals surface area contributed by atoms with Crippen LogP contribution in [-0.4, -0.2) is 36.6 Å². The molecule has 0 unspecified atom stereocenters. The Morgan fingerprint density at radius 2 is 1.66 bits per heavy atom. The van der Waals surface area contributed by atoms with Crippen molar-refractivity contribution in [2.24, 2.45) is 0 Å². The van der Waals surface area contributed by atoms with Gasteiger partial charge in [0.15, 0.2) is 0 Å². The fourth-order valence-corrected chi connectivity index (χ4v) is 5.03. The largest absolute Gasteiger partial charge is 0.299 e. The second-order valence-corrected chi connectivity index (χ2v) is 9.71. The van der Waals surface area contributed by atoms with Crippen LogP contribution in [0.5, 0.6) is 0 Å². The van der Waals surface area contributed by atoms with E-state index in [9.17, 15) is 22.0 Å². The molecule has 0 saturated carbocycles. The van der Waals surface area contributed by atoms with Crippen LogP contribution in [-0.2, 0) is 21.2 Å². The lowest BCUT2D eigenvalue weighted by atomic mass is 9.91. The summed E-state index contributed by atoms with van der Waals surface area (Å²) >= 11 is 5.72. The van der Waals surface area contributed by atoms with Crippen LogP contribution in [0.1, 0.15) is 18.4 Å². The summed E-state index contributed by atoms with van der Waals surface area (Å²) in [6.45, 7) is 0.0494. The minimum absolute atomic E-state index is 0.0156. The van der Waals surface area contributed by atoms with Crippen molar-refractivity contribution in [3.05, 3.63) is 58.6 Å². The molecule has 0 bridgehead atoms. The van der Waals surface area contributed by atoms with E-state index >= 15 is 0 Å². The van der Waals surface area contributed by atoms with Crippen molar-refractivity contribution in [1.82, 2.24) is 10.8 Å². The Morgan fingerprint density at radius 1 is 1.07 bits per heavy atom. The Labute approximate surface area is 171 Å². The number of halogens is 3. The van der Waals surface area contributed by atoms with E-state index in [-0.39, 0.29) is 47.0 Å². The van der Waals surface area contributed by atoms with Crippen molar-refractivity contribution in [3.8, 4) is 11.1 Å². The third kappa shape index (κ3) is 4.75. The molecule has 6 nitrogen and oxygen atoms in total. The monoisotopic (exact) mass is 444 g/mol. The van der Waals surface area contributed by atoms with Crippen molar-refractivity contribution in [2.75, 3.05) is 11.5 Å². The van der Waals surface area contributed by atoms with Gasteiger partial charge in [-0.25, -0.2) is 22.7 Å². The molecule has 0 atom stereocenters. The molecule has 2 aromatic rings. The Balaban J connectivity index is 1.79. The fraction of sp³-hybridized carbons (Fsp3) is 0.316. The summed E-state index contributed by atoms with van der Waals surface area (Å²) in [4.78, 5) is 12.1. The number of hydrogen-bond donors (Lipinski definition) is 3. The van der Waals surface area contributed by atoms with E-state index in [1.54, 1.807) is 11.5 Å². The molecule has 0 spiro atoms. The van der Waals surface area contributed by atoms with Gasteiger partial charge in [-0.15, -0.1) is 0 Å². The number of carbonyl (C=O) groups excluding carboxylic acids is 1. The van der Waals surface area contributed by atoms with Crippen molar-refractivity contribution in [2.45, 2.75) is 24.9 Å². The number of rotatable bonds is 5. The first-order valence-corrected chi connectivity index (χ1v) is 11.0. The highest BCUT2D eigenvalue weighted by atomic mass is 35.5. The summed E-state index contributed by atoms with van der Waals surface area (Å²) < 4.78 is 52.0. The lowest BCUT2D eigenvalue weighted by molar-refractivity contribution is -0.136. The zero-order valence-electron chi connectivity index (χ0n) is 15.2. The molecule has 29 heavy (non-hydrogen) atoms. The minimum Gasteiger partial charge on any atom is -0.299 e. The Bertz CT molecular complexity index is 1030. The predicted molar refractivity (Wildman–Crippen MR) is 104 cm³/mol. The molecule has 1 amide bonds. The van der Waals surface area contributed by atoms with Gasteiger partial charge in [0.2, 0.25) is 0 Å². The number of carbonyl (C=O) groups is 1. The van der Waals surface area contributed by atoms with Gasteiger partial charge in [0.25, 0.3) is 5.91 Å². The summed E-state index contributed by atoms with van der Waals surface area (Å²) in [5.74, 6) is -2.44. The number of nitrogens with one attached hydrogen (secondary N) is 2. The quantitative estimate of drug-likeness (QED) is 0.487. The zero-order chi connectivity index (χ0) is 21.2. The van der Waals surface area contributed by atoms with E-state index in [1.807, 2.05) is 0 Å². The van der Waals surface area contributed by atoms with E-state index in [0.717, 1.165) is 6.07 Å². The maximum atomic E-state index is 14.6. The summed E-state index contributed by atoms with van der Waals surface area (Å²) in [6, 6.07) is 8.15. The smallest absolute Gasteiger partial charge is 0.263 e. The Hall–Kier alpha value is -2.07. The molecule has 1 heterocycles. The average molecular weight is 445 g/mol. The summed E-state index contributed by atoms with van der Waals surface area (Å²) in [5, 5.41) is 12.2. The Morgan fingerprint density at radius 3 is 2.21 bits per heavy atom. The average Bonchev–Trinajstić information content (AvgIpc) is 2.68. The number of hydrogen-bond acceptors (Lipinski definition) is 5. The molecule has 3 rings (SSSR count).